The van der Waals surface area contributed by atoms with Crippen molar-refractivity contribution in [3.8, 4) is 5.75 Å². The third kappa shape index (κ3) is 11.4. The Morgan fingerprint density at radius 3 is 2.26 bits per heavy atom. The molecule has 0 saturated carbocycles. The highest BCUT2D eigenvalue weighted by atomic mass is 16.6. The minimum absolute atomic E-state index is 0.201. The van der Waals surface area contributed by atoms with E-state index in [1.165, 1.54) is 0 Å². The fourth-order valence-corrected chi connectivity index (χ4v) is 4.76. The van der Waals surface area contributed by atoms with Gasteiger partial charge in [0, 0.05) is 12.2 Å². The van der Waals surface area contributed by atoms with E-state index < -0.39 is 23.8 Å². The van der Waals surface area contributed by atoms with Crippen LogP contribution in [0.25, 0.3) is 6.08 Å². The van der Waals surface area contributed by atoms with Crippen LogP contribution in [-0.2, 0) is 14.3 Å². The largest absolute Gasteiger partial charge is 0.497 e. The van der Waals surface area contributed by atoms with Crippen molar-refractivity contribution in [1.29, 1.82) is 0 Å². The van der Waals surface area contributed by atoms with Crippen molar-refractivity contribution in [2.45, 2.75) is 97.8 Å². The third-order valence-corrected chi connectivity index (χ3v) is 7.32. The smallest absolute Gasteiger partial charge is 0.408 e. The van der Waals surface area contributed by atoms with E-state index in [4.69, 9.17) is 9.47 Å². The Bertz CT molecular complexity index is 1190. The van der Waals surface area contributed by atoms with E-state index in [2.05, 4.69) is 24.1 Å². The Kier molecular flexibility index (Phi) is 14.3. The molecule has 0 fully saturated rings. The quantitative estimate of drug-likeness (QED) is 0.194. The highest BCUT2D eigenvalue weighted by Gasteiger charge is 2.38. The van der Waals surface area contributed by atoms with Gasteiger partial charge in [-0.2, -0.15) is 0 Å². The molecule has 3 amide bonds. The summed E-state index contributed by atoms with van der Waals surface area (Å²) in [5.74, 6) is -0.211. The Balaban J connectivity index is 2.58. The van der Waals surface area contributed by atoms with Crippen molar-refractivity contribution in [2.75, 3.05) is 19.0 Å². The Morgan fingerprint density at radius 1 is 1.00 bits per heavy atom. The number of hydrogen-bond donors (Lipinski definition) is 2. The number of unbranched alkanes of at least 4 members (excludes halogenated alkanes) is 4. The molecule has 0 aliphatic heterocycles. The van der Waals surface area contributed by atoms with Crippen molar-refractivity contribution in [3.63, 3.8) is 0 Å². The highest BCUT2D eigenvalue weighted by Crippen LogP contribution is 2.28. The lowest BCUT2D eigenvalue weighted by molar-refractivity contribution is -0.142. The van der Waals surface area contributed by atoms with Gasteiger partial charge in [0.15, 0.2) is 0 Å². The lowest BCUT2D eigenvalue weighted by Gasteiger charge is -2.36. The van der Waals surface area contributed by atoms with Crippen LogP contribution in [0, 0.1) is 5.92 Å². The van der Waals surface area contributed by atoms with Gasteiger partial charge >= 0.3 is 6.09 Å². The predicted octanol–water partition coefficient (Wildman–Crippen LogP) is 7.76. The lowest BCUT2D eigenvalue weighted by atomic mass is 9.95. The maximum Gasteiger partial charge on any atom is 0.408 e. The molecule has 0 radical (unpaired) electrons. The lowest BCUT2D eigenvalue weighted by Crippen LogP contribution is -2.55. The minimum Gasteiger partial charge on any atom is -0.497 e. The second kappa shape index (κ2) is 17.3. The maximum atomic E-state index is 14.5. The van der Waals surface area contributed by atoms with Crippen molar-refractivity contribution < 1.29 is 23.9 Å². The molecule has 43 heavy (non-hydrogen) atoms. The first-order valence-corrected chi connectivity index (χ1v) is 15.4. The number of carbonyl (C=O) groups is 3. The van der Waals surface area contributed by atoms with Crippen LogP contribution in [0.5, 0.6) is 5.75 Å². The Hall–Kier alpha value is -3.81. The number of ether oxygens (including phenoxy) is 2. The van der Waals surface area contributed by atoms with Crippen LogP contribution in [0.1, 0.15) is 97.2 Å². The van der Waals surface area contributed by atoms with Gasteiger partial charge < -0.3 is 25.0 Å². The molecule has 2 rings (SSSR count). The average Bonchev–Trinajstić information content (AvgIpc) is 2.98. The molecule has 8 nitrogen and oxygen atoms in total. The fraction of sp³-hybridized carbons (Fsp3) is 0.514. The molecule has 0 bridgehead atoms. The molecule has 0 spiro atoms. The van der Waals surface area contributed by atoms with Crippen LogP contribution in [0.2, 0.25) is 0 Å². The van der Waals surface area contributed by atoms with E-state index >= 15 is 0 Å². The SMILES string of the molecule is C=Cc1cccc(C(C(=O)Nc2ccc(OC)cc2)N(CCCCCCC)C(=O)C(NC(=O)OC(C)(C)C)C(C)CC)c1. The molecule has 0 aliphatic carbocycles. The van der Waals surface area contributed by atoms with Crippen LogP contribution in [-0.4, -0.2) is 48.1 Å². The fourth-order valence-electron chi connectivity index (χ4n) is 4.76. The summed E-state index contributed by atoms with van der Waals surface area (Å²) in [7, 11) is 1.58. The summed E-state index contributed by atoms with van der Waals surface area (Å²) >= 11 is 0. The molecule has 0 heterocycles. The first-order chi connectivity index (χ1) is 20.4. The van der Waals surface area contributed by atoms with Crippen LogP contribution in [0.3, 0.4) is 0 Å². The predicted molar refractivity (Wildman–Crippen MR) is 174 cm³/mol. The molecular formula is C35H51N3O5. The number of hydrogen-bond acceptors (Lipinski definition) is 5. The number of alkyl carbamates (subject to hydrolysis) is 1. The maximum absolute atomic E-state index is 14.5. The second-order valence-electron chi connectivity index (χ2n) is 11.9. The molecule has 0 aliphatic rings. The summed E-state index contributed by atoms with van der Waals surface area (Å²) < 4.78 is 10.8. The van der Waals surface area contributed by atoms with Crippen molar-refractivity contribution in [2.24, 2.45) is 5.92 Å². The van der Waals surface area contributed by atoms with Crippen molar-refractivity contribution in [1.82, 2.24) is 10.2 Å². The van der Waals surface area contributed by atoms with Gasteiger partial charge in [0.25, 0.3) is 5.91 Å². The third-order valence-electron chi connectivity index (χ3n) is 7.32. The zero-order valence-corrected chi connectivity index (χ0v) is 27.1. The normalized spacial score (nSPS) is 13.3. The van der Waals surface area contributed by atoms with Gasteiger partial charge in [-0.05, 0) is 74.6 Å². The monoisotopic (exact) mass is 593 g/mol. The molecule has 3 unspecified atom stereocenters. The first-order valence-electron chi connectivity index (χ1n) is 15.4. The van der Waals surface area contributed by atoms with Gasteiger partial charge in [-0.1, -0.05) is 83.7 Å². The van der Waals surface area contributed by atoms with Gasteiger partial charge in [0.1, 0.15) is 23.4 Å². The molecular weight excluding hydrogens is 542 g/mol. The number of rotatable bonds is 16. The van der Waals surface area contributed by atoms with E-state index in [1.54, 1.807) is 63.1 Å². The number of carbonyl (C=O) groups excluding carboxylic acids is 3. The number of anilines is 1. The number of nitrogens with one attached hydrogen (secondary N) is 2. The zero-order valence-electron chi connectivity index (χ0n) is 27.1. The zero-order chi connectivity index (χ0) is 32.0. The molecule has 236 valence electrons. The van der Waals surface area contributed by atoms with Crippen LogP contribution < -0.4 is 15.4 Å². The van der Waals surface area contributed by atoms with E-state index in [-0.39, 0.29) is 17.7 Å². The molecule has 8 heteroatoms. The van der Waals surface area contributed by atoms with Gasteiger partial charge in [0.05, 0.1) is 7.11 Å². The number of benzene rings is 2. The average molecular weight is 594 g/mol. The number of methoxy groups -OCH3 is 1. The summed E-state index contributed by atoms with van der Waals surface area (Å²) in [6, 6.07) is 12.7. The summed E-state index contributed by atoms with van der Waals surface area (Å²) in [5.41, 5.74) is 1.35. The van der Waals surface area contributed by atoms with E-state index in [0.717, 1.165) is 37.7 Å². The van der Waals surface area contributed by atoms with Gasteiger partial charge in [-0.15, -0.1) is 0 Å². The van der Waals surface area contributed by atoms with Crippen LogP contribution in [0.4, 0.5) is 10.5 Å². The summed E-state index contributed by atoms with van der Waals surface area (Å²) in [6.45, 7) is 15.6. The van der Waals surface area contributed by atoms with Crippen LogP contribution in [0.15, 0.2) is 55.1 Å². The van der Waals surface area contributed by atoms with Gasteiger partial charge in [-0.25, -0.2) is 4.79 Å². The molecule has 2 aromatic rings. The highest BCUT2D eigenvalue weighted by molar-refractivity contribution is 5.99. The standard InChI is InChI=1S/C35H51N3O5/c1-9-12-13-14-15-23-38(33(40)30(25(4)10-2)37-34(41)43-35(5,6)7)31(27-18-16-17-26(11-3)24-27)32(39)36-28-19-21-29(42-8)22-20-28/h11,16-22,24-25,30-31H,3,9-10,12-15,23H2,1-2,4-8H3,(H,36,39)(H,37,41). The van der Waals surface area contributed by atoms with Gasteiger partial charge in [0.2, 0.25) is 5.91 Å². The molecule has 0 aromatic heterocycles. The second-order valence-corrected chi connectivity index (χ2v) is 11.9. The van der Waals surface area contributed by atoms with E-state index in [0.29, 0.717) is 30.0 Å². The Morgan fingerprint density at radius 2 is 1.67 bits per heavy atom. The summed E-state index contributed by atoms with van der Waals surface area (Å²) in [4.78, 5) is 43.2. The Labute approximate surface area is 258 Å². The van der Waals surface area contributed by atoms with Crippen LogP contribution >= 0.6 is 0 Å². The first kappa shape index (κ1) is 35.4. The number of nitrogens with zero attached hydrogens (tertiary/aromatic N) is 1. The van der Waals surface area contributed by atoms with Gasteiger partial charge in [-0.3, -0.25) is 9.59 Å². The van der Waals surface area contributed by atoms with Crippen molar-refractivity contribution in [3.05, 3.63) is 66.2 Å². The summed E-state index contributed by atoms with van der Waals surface area (Å²) in [6.07, 6.45) is 6.58. The molecule has 0 saturated heterocycles. The minimum atomic E-state index is -0.951. The van der Waals surface area contributed by atoms with E-state index in [1.807, 2.05) is 38.1 Å². The molecule has 3 atom stereocenters. The molecule has 2 N–H and O–H groups in total. The summed E-state index contributed by atoms with van der Waals surface area (Å²) in [5, 5.41) is 5.83. The van der Waals surface area contributed by atoms with Crippen molar-refractivity contribution >= 4 is 29.7 Å². The van der Waals surface area contributed by atoms with E-state index in [9.17, 15) is 14.4 Å². The molecule has 2 aromatic carbocycles. The number of amides is 3. The topological polar surface area (TPSA) is 97.0 Å².